The van der Waals surface area contributed by atoms with Gasteiger partial charge in [0, 0.05) is 18.5 Å². The molecular formula is C25H30N4O5S. The fraction of sp³-hybridized carbons (Fsp3) is 0.400. The number of anilines is 1. The van der Waals surface area contributed by atoms with Crippen molar-refractivity contribution >= 4 is 32.4 Å². The van der Waals surface area contributed by atoms with Gasteiger partial charge in [-0.05, 0) is 51.0 Å². The van der Waals surface area contributed by atoms with Gasteiger partial charge in [-0.25, -0.2) is 13.1 Å². The molecule has 1 saturated heterocycles. The van der Waals surface area contributed by atoms with Gasteiger partial charge >= 0.3 is 0 Å². The number of aromatic nitrogens is 2. The third-order valence-corrected chi connectivity index (χ3v) is 8.05. The Kier molecular flexibility index (Phi) is 7.23. The molecule has 1 aliphatic heterocycles. The first-order chi connectivity index (χ1) is 16.7. The summed E-state index contributed by atoms with van der Waals surface area (Å²) in [6, 6.07) is 11.0. The second-order valence-electron chi connectivity index (χ2n) is 8.87. The zero-order valence-electron chi connectivity index (χ0n) is 20.2. The standard InChI is InChI=1S/C25H30N4O5S/c1-17(2)29-25(31)20-11-7-6-10-19(20)23(27-29)24(30)26-21-16-18(12-13-22(21)34-3)35(32,33)28-14-8-4-5-9-15-28/h6-7,10-13,16-17H,4-5,8-9,14-15H2,1-3H3,(H,26,30). The van der Waals surface area contributed by atoms with Crippen LogP contribution in [0.5, 0.6) is 5.75 Å². The fourth-order valence-electron chi connectivity index (χ4n) is 4.28. The van der Waals surface area contributed by atoms with Crippen LogP contribution in [0.25, 0.3) is 10.8 Å². The fourth-order valence-corrected chi connectivity index (χ4v) is 5.83. The highest BCUT2D eigenvalue weighted by Crippen LogP contribution is 2.30. The van der Waals surface area contributed by atoms with Crippen LogP contribution in [0.3, 0.4) is 0 Å². The molecule has 2 aromatic carbocycles. The van der Waals surface area contributed by atoms with Gasteiger partial charge in [0.25, 0.3) is 11.5 Å². The van der Waals surface area contributed by atoms with E-state index in [2.05, 4.69) is 10.4 Å². The Morgan fingerprint density at radius 1 is 1.03 bits per heavy atom. The molecule has 35 heavy (non-hydrogen) atoms. The normalized spacial score (nSPS) is 15.2. The zero-order chi connectivity index (χ0) is 25.2. The molecule has 0 aliphatic carbocycles. The first-order valence-electron chi connectivity index (χ1n) is 11.7. The molecule has 1 amide bonds. The molecule has 0 saturated carbocycles. The number of amides is 1. The van der Waals surface area contributed by atoms with Crippen molar-refractivity contribution in [1.29, 1.82) is 0 Å². The summed E-state index contributed by atoms with van der Waals surface area (Å²) in [5, 5.41) is 7.89. The Morgan fingerprint density at radius 2 is 1.69 bits per heavy atom. The number of carbonyl (C=O) groups excluding carboxylic acids is 1. The Bertz CT molecular complexity index is 1410. The second kappa shape index (κ2) is 10.2. The zero-order valence-corrected chi connectivity index (χ0v) is 21.0. The van der Waals surface area contributed by atoms with E-state index >= 15 is 0 Å². The lowest BCUT2D eigenvalue weighted by atomic mass is 10.1. The number of hydrogen-bond donors (Lipinski definition) is 1. The maximum atomic E-state index is 13.4. The summed E-state index contributed by atoms with van der Waals surface area (Å²) < 4.78 is 34.8. The van der Waals surface area contributed by atoms with Crippen LogP contribution >= 0.6 is 0 Å². The van der Waals surface area contributed by atoms with Gasteiger partial charge < -0.3 is 10.1 Å². The number of sulfonamides is 1. The lowest BCUT2D eigenvalue weighted by Gasteiger charge is -2.21. The molecule has 1 aromatic heterocycles. The van der Waals surface area contributed by atoms with Crippen LogP contribution in [0.15, 0.2) is 52.2 Å². The van der Waals surface area contributed by atoms with E-state index in [1.807, 2.05) is 13.8 Å². The number of nitrogens with zero attached hydrogens (tertiary/aromatic N) is 3. The van der Waals surface area contributed by atoms with Gasteiger partial charge in [-0.3, -0.25) is 9.59 Å². The monoisotopic (exact) mass is 498 g/mol. The molecule has 1 aliphatic rings. The average Bonchev–Trinajstić information content (AvgIpc) is 3.14. The number of fused-ring (bicyclic) bond motifs is 1. The van der Waals surface area contributed by atoms with Crippen LogP contribution in [0.1, 0.15) is 56.1 Å². The van der Waals surface area contributed by atoms with Crippen molar-refractivity contribution in [2.45, 2.75) is 50.5 Å². The minimum Gasteiger partial charge on any atom is -0.495 e. The third-order valence-electron chi connectivity index (χ3n) is 6.15. The molecule has 0 bridgehead atoms. The molecule has 1 fully saturated rings. The number of carbonyl (C=O) groups is 1. The number of hydrogen-bond acceptors (Lipinski definition) is 6. The summed E-state index contributed by atoms with van der Waals surface area (Å²) in [5.41, 5.74) is -0.00595. The number of benzene rings is 2. The van der Waals surface area contributed by atoms with E-state index in [0.717, 1.165) is 25.7 Å². The van der Waals surface area contributed by atoms with Crippen LogP contribution < -0.4 is 15.6 Å². The molecule has 4 rings (SSSR count). The number of nitrogens with one attached hydrogen (secondary N) is 1. The molecular weight excluding hydrogens is 468 g/mol. The highest BCUT2D eigenvalue weighted by Gasteiger charge is 2.27. The third kappa shape index (κ3) is 4.94. The maximum Gasteiger partial charge on any atom is 0.276 e. The Hall–Kier alpha value is -3.24. The first kappa shape index (κ1) is 24.9. The summed E-state index contributed by atoms with van der Waals surface area (Å²) in [6.07, 6.45) is 3.66. The summed E-state index contributed by atoms with van der Waals surface area (Å²) >= 11 is 0. The lowest BCUT2D eigenvalue weighted by Crippen LogP contribution is -2.32. The average molecular weight is 499 g/mol. The molecule has 2 heterocycles. The van der Waals surface area contributed by atoms with Crippen molar-refractivity contribution in [2.24, 2.45) is 0 Å². The minimum absolute atomic E-state index is 0.0664. The smallest absolute Gasteiger partial charge is 0.276 e. The van der Waals surface area contributed by atoms with Crippen LogP contribution in [0, 0.1) is 0 Å². The van der Waals surface area contributed by atoms with Gasteiger partial charge in [0.2, 0.25) is 10.0 Å². The van der Waals surface area contributed by atoms with E-state index in [-0.39, 0.29) is 27.9 Å². The molecule has 1 N–H and O–H groups in total. The Morgan fingerprint density at radius 3 is 2.31 bits per heavy atom. The van der Waals surface area contributed by atoms with Crippen LogP contribution in [-0.2, 0) is 10.0 Å². The van der Waals surface area contributed by atoms with Gasteiger partial charge in [0.1, 0.15) is 5.75 Å². The van der Waals surface area contributed by atoms with Gasteiger partial charge in [0.05, 0.1) is 29.1 Å². The Labute approximate surface area is 204 Å². The number of ether oxygens (including phenoxy) is 1. The number of rotatable bonds is 6. The first-order valence-corrected chi connectivity index (χ1v) is 13.2. The van der Waals surface area contributed by atoms with E-state index in [4.69, 9.17) is 4.74 Å². The summed E-state index contributed by atoms with van der Waals surface area (Å²) in [5.74, 6) is -0.257. The molecule has 0 radical (unpaired) electrons. The van der Waals surface area contributed by atoms with Crippen LogP contribution in [0.2, 0.25) is 0 Å². The van der Waals surface area contributed by atoms with Crippen molar-refractivity contribution in [3.63, 3.8) is 0 Å². The SMILES string of the molecule is COc1ccc(S(=O)(=O)N2CCCCCC2)cc1NC(=O)c1nn(C(C)C)c(=O)c2ccccc12. The maximum absolute atomic E-state index is 13.4. The molecule has 0 spiro atoms. The molecule has 0 unspecified atom stereocenters. The molecule has 10 heteroatoms. The highest BCUT2D eigenvalue weighted by atomic mass is 32.2. The summed E-state index contributed by atoms with van der Waals surface area (Å²) in [7, 11) is -2.28. The predicted molar refractivity (Wildman–Crippen MR) is 135 cm³/mol. The summed E-state index contributed by atoms with van der Waals surface area (Å²) in [4.78, 5) is 26.3. The van der Waals surface area contributed by atoms with Gasteiger partial charge in [-0.2, -0.15) is 9.40 Å². The highest BCUT2D eigenvalue weighted by molar-refractivity contribution is 7.89. The van der Waals surface area contributed by atoms with Crippen molar-refractivity contribution in [3.8, 4) is 5.75 Å². The van der Waals surface area contributed by atoms with E-state index in [1.165, 1.54) is 34.3 Å². The minimum atomic E-state index is -3.73. The van der Waals surface area contributed by atoms with E-state index in [9.17, 15) is 18.0 Å². The molecule has 0 atom stereocenters. The van der Waals surface area contributed by atoms with Crippen molar-refractivity contribution in [3.05, 3.63) is 58.5 Å². The number of methoxy groups -OCH3 is 1. The largest absolute Gasteiger partial charge is 0.495 e. The van der Waals surface area contributed by atoms with Gasteiger partial charge in [-0.15, -0.1) is 0 Å². The van der Waals surface area contributed by atoms with E-state index in [1.54, 1.807) is 24.3 Å². The van der Waals surface area contributed by atoms with Crippen molar-refractivity contribution in [1.82, 2.24) is 14.1 Å². The second-order valence-corrected chi connectivity index (χ2v) is 10.8. The van der Waals surface area contributed by atoms with Crippen LogP contribution in [0.4, 0.5) is 5.69 Å². The van der Waals surface area contributed by atoms with E-state index < -0.39 is 15.9 Å². The van der Waals surface area contributed by atoms with Crippen LogP contribution in [-0.4, -0.2) is 48.6 Å². The Balaban J connectivity index is 1.74. The van der Waals surface area contributed by atoms with Gasteiger partial charge in [0.15, 0.2) is 5.69 Å². The molecule has 9 nitrogen and oxygen atoms in total. The summed E-state index contributed by atoms with van der Waals surface area (Å²) in [6.45, 7) is 4.57. The van der Waals surface area contributed by atoms with Gasteiger partial charge in [-0.1, -0.05) is 31.0 Å². The quantitative estimate of drug-likeness (QED) is 0.553. The van der Waals surface area contributed by atoms with Crippen molar-refractivity contribution < 1.29 is 17.9 Å². The predicted octanol–water partition coefficient (Wildman–Crippen LogP) is 3.80. The molecule has 186 valence electrons. The topological polar surface area (TPSA) is 111 Å². The van der Waals surface area contributed by atoms with E-state index in [0.29, 0.717) is 29.6 Å². The van der Waals surface area contributed by atoms with Crippen molar-refractivity contribution in [2.75, 3.05) is 25.5 Å². The molecule has 3 aromatic rings. The lowest BCUT2D eigenvalue weighted by molar-refractivity contribution is 0.102.